The Labute approximate surface area is 122 Å². The lowest BCUT2D eigenvalue weighted by atomic mass is 10.1. The molecule has 104 valence electrons. The van der Waals surface area contributed by atoms with Crippen molar-refractivity contribution in [3.63, 3.8) is 0 Å². The molecule has 0 aliphatic rings. The molecule has 1 heterocycles. The van der Waals surface area contributed by atoms with Crippen molar-refractivity contribution in [2.45, 2.75) is 19.4 Å². The number of hydrogen-bond acceptors (Lipinski definition) is 3. The number of aromatic nitrogens is 1. The van der Waals surface area contributed by atoms with E-state index in [1.54, 1.807) is 0 Å². The highest BCUT2D eigenvalue weighted by atomic mass is 35.5. The summed E-state index contributed by atoms with van der Waals surface area (Å²) in [5.41, 5.74) is 1.43. The van der Waals surface area contributed by atoms with Gasteiger partial charge in [0, 0.05) is 17.3 Å². The first-order chi connectivity index (χ1) is 9.54. The number of halogens is 1. The maximum Gasteiger partial charge on any atom is 0.253 e. The molecule has 1 unspecified atom stereocenters. The fourth-order valence-corrected chi connectivity index (χ4v) is 2.01. The SMILES string of the molecule is CC(Cc1ccc(Cl)cc1)NC(=O)c1cncc(O)c1. The molecule has 4 nitrogen and oxygen atoms in total. The Hall–Kier alpha value is -2.07. The number of pyridine rings is 1. The van der Waals surface area contributed by atoms with Gasteiger partial charge in [0.2, 0.25) is 0 Å². The lowest BCUT2D eigenvalue weighted by Gasteiger charge is -2.14. The van der Waals surface area contributed by atoms with Crippen LogP contribution in [-0.4, -0.2) is 22.0 Å². The first-order valence-corrected chi connectivity index (χ1v) is 6.61. The maximum absolute atomic E-state index is 12.0. The molecule has 0 saturated carbocycles. The fraction of sp³-hybridized carbons (Fsp3) is 0.200. The van der Waals surface area contributed by atoms with Crippen LogP contribution >= 0.6 is 11.6 Å². The van der Waals surface area contributed by atoms with Gasteiger partial charge in [-0.15, -0.1) is 0 Å². The Bertz CT molecular complexity index is 599. The Balaban J connectivity index is 1.95. The van der Waals surface area contributed by atoms with E-state index in [0.29, 0.717) is 17.0 Å². The number of carbonyl (C=O) groups excluding carboxylic acids is 1. The van der Waals surface area contributed by atoms with Gasteiger partial charge >= 0.3 is 0 Å². The molecule has 2 N–H and O–H groups in total. The second-order valence-electron chi connectivity index (χ2n) is 4.64. The van der Waals surface area contributed by atoms with Crippen LogP contribution in [0.1, 0.15) is 22.8 Å². The minimum absolute atomic E-state index is 0.0250. The monoisotopic (exact) mass is 290 g/mol. The number of carbonyl (C=O) groups is 1. The summed E-state index contributed by atoms with van der Waals surface area (Å²) in [6, 6.07) is 8.86. The zero-order valence-corrected chi connectivity index (χ0v) is 11.8. The molecule has 1 amide bonds. The molecule has 0 radical (unpaired) electrons. The highest BCUT2D eigenvalue weighted by Gasteiger charge is 2.11. The van der Waals surface area contributed by atoms with Gasteiger partial charge in [-0.1, -0.05) is 23.7 Å². The van der Waals surface area contributed by atoms with Crippen molar-refractivity contribution in [2.24, 2.45) is 0 Å². The van der Waals surface area contributed by atoms with Crippen molar-refractivity contribution in [1.82, 2.24) is 10.3 Å². The average Bonchev–Trinajstić information content (AvgIpc) is 2.41. The standard InChI is InChI=1S/C15H15ClN2O2/c1-10(6-11-2-4-13(16)5-3-11)18-15(20)12-7-14(19)9-17-8-12/h2-5,7-10,19H,6H2,1H3,(H,18,20). The summed E-state index contributed by atoms with van der Waals surface area (Å²) in [7, 11) is 0. The van der Waals surface area contributed by atoms with Gasteiger partial charge in [0.25, 0.3) is 5.91 Å². The topological polar surface area (TPSA) is 62.2 Å². The second-order valence-corrected chi connectivity index (χ2v) is 5.07. The van der Waals surface area contributed by atoms with Crippen LogP contribution in [0.5, 0.6) is 5.75 Å². The summed E-state index contributed by atoms with van der Waals surface area (Å²) in [6.45, 7) is 1.92. The molecule has 1 atom stereocenters. The van der Waals surface area contributed by atoms with Gasteiger partial charge in [0.15, 0.2) is 0 Å². The second kappa shape index (κ2) is 6.39. The molecule has 0 spiro atoms. The van der Waals surface area contributed by atoms with Gasteiger partial charge < -0.3 is 10.4 Å². The summed E-state index contributed by atoms with van der Waals surface area (Å²) in [4.78, 5) is 15.7. The molecule has 1 aromatic heterocycles. The van der Waals surface area contributed by atoms with Crippen LogP contribution in [0.3, 0.4) is 0 Å². The van der Waals surface area contributed by atoms with E-state index < -0.39 is 0 Å². The number of amides is 1. The Morgan fingerprint density at radius 2 is 2.05 bits per heavy atom. The highest BCUT2D eigenvalue weighted by molar-refractivity contribution is 6.30. The van der Waals surface area contributed by atoms with E-state index in [-0.39, 0.29) is 17.7 Å². The molecule has 2 rings (SSSR count). The Morgan fingerprint density at radius 3 is 2.70 bits per heavy atom. The summed E-state index contributed by atoms with van der Waals surface area (Å²) in [5.74, 6) is -0.280. The predicted molar refractivity (Wildman–Crippen MR) is 78.0 cm³/mol. The lowest BCUT2D eigenvalue weighted by molar-refractivity contribution is 0.0939. The smallest absolute Gasteiger partial charge is 0.253 e. The third-order valence-corrected chi connectivity index (χ3v) is 3.07. The molecular formula is C15H15ClN2O2. The van der Waals surface area contributed by atoms with Crippen LogP contribution in [-0.2, 0) is 6.42 Å². The molecule has 0 aliphatic carbocycles. The molecule has 1 aromatic carbocycles. The predicted octanol–water partition coefficient (Wildman–Crippen LogP) is 2.80. The first kappa shape index (κ1) is 14.3. The highest BCUT2D eigenvalue weighted by Crippen LogP contribution is 2.12. The molecule has 0 bridgehead atoms. The molecule has 0 aliphatic heterocycles. The van der Waals surface area contributed by atoms with Gasteiger partial charge in [-0.2, -0.15) is 0 Å². The average molecular weight is 291 g/mol. The largest absolute Gasteiger partial charge is 0.506 e. The number of nitrogens with zero attached hydrogens (tertiary/aromatic N) is 1. The molecule has 2 aromatic rings. The van der Waals surface area contributed by atoms with Crippen LogP contribution in [0.4, 0.5) is 0 Å². The van der Waals surface area contributed by atoms with Crippen molar-refractivity contribution in [3.05, 3.63) is 58.9 Å². The molecule has 5 heteroatoms. The van der Waals surface area contributed by atoms with E-state index in [2.05, 4.69) is 10.3 Å². The van der Waals surface area contributed by atoms with E-state index in [1.165, 1.54) is 18.5 Å². The molecule has 0 saturated heterocycles. The van der Waals surface area contributed by atoms with Gasteiger partial charge in [-0.05, 0) is 37.1 Å². The van der Waals surface area contributed by atoms with Crippen LogP contribution in [0, 0.1) is 0 Å². The summed E-state index contributed by atoms with van der Waals surface area (Å²) < 4.78 is 0. The number of aromatic hydroxyl groups is 1. The van der Waals surface area contributed by atoms with Crippen molar-refractivity contribution in [2.75, 3.05) is 0 Å². The Morgan fingerprint density at radius 1 is 1.35 bits per heavy atom. The minimum atomic E-state index is -0.255. The van der Waals surface area contributed by atoms with E-state index >= 15 is 0 Å². The Kier molecular flexibility index (Phi) is 4.58. The van der Waals surface area contributed by atoms with Gasteiger partial charge in [-0.3, -0.25) is 9.78 Å². The normalized spacial score (nSPS) is 11.9. The van der Waals surface area contributed by atoms with Crippen LogP contribution in [0.2, 0.25) is 5.02 Å². The number of nitrogens with one attached hydrogen (secondary N) is 1. The van der Waals surface area contributed by atoms with Crippen LogP contribution in [0.15, 0.2) is 42.7 Å². The van der Waals surface area contributed by atoms with Crippen molar-refractivity contribution in [3.8, 4) is 5.75 Å². The van der Waals surface area contributed by atoms with E-state index in [0.717, 1.165) is 5.56 Å². The molecule has 20 heavy (non-hydrogen) atoms. The third-order valence-electron chi connectivity index (χ3n) is 2.82. The quantitative estimate of drug-likeness (QED) is 0.910. The third kappa shape index (κ3) is 3.96. The van der Waals surface area contributed by atoms with Gasteiger partial charge in [-0.25, -0.2) is 0 Å². The number of hydrogen-bond donors (Lipinski definition) is 2. The number of benzene rings is 1. The minimum Gasteiger partial charge on any atom is -0.506 e. The first-order valence-electron chi connectivity index (χ1n) is 6.24. The van der Waals surface area contributed by atoms with Crippen LogP contribution in [0.25, 0.3) is 0 Å². The number of rotatable bonds is 4. The summed E-state index contributed by atoms with van der Waals surface area (Å²) in [6.07, 6.45) is 3.41. The lowest BCUT2D eigenvalue weighted by Crippen LogP contribution is -2.34. The van der Waals surface area contributed by atoms with Crippen molar-refractivity contribution >= 4 is 17.5 Å². The van der Waals surface area contributed by atoms with E-state index in [4.69, 9.17) is 11.6 Å². The summed E-state index contributed by atoms with van der Waals surface area (Å²) in [5, 5.41) is 12.9. The van der Waals surface area contributed by atoms with Crippen LogP contribution < -0.4 is 5.32 Å². The molecular weight excluding hydrogens is 276 g/mol. The zero-order valence-electron chi connectivity index (χ0n) is 11.0. The molecule has 0 fully saturated rings. The fourth-order valence-electron chi connectivity index (χ4n) is 1.88. The van der Waals surface area contributed by atoms with E-state index in [9.17, 15) is 9.90 Å². The zero-order chi connectivity index (χ0) is 14.5. The van der Waals surface area contributed by atoms with Gasteiger partial charge in [0.05, 0.1) is 11.8 Å². The maximum atomic E-state index is 12.0. The van der Waals surface area contributed by atoms with Gasteiger partial charge in [0.1, 0.15) is 5.75 Å². The van der Waals surface area contributed by atoms with E-state index in [1.807, 2.05) is 31.2 Å². The summed E-state index contributed by atoms with van der Waals surface area (Å²) >= 11 is 5.83. The van der Waals surface area contributed by atoms with Crippen molar-refractivity contribution < 1.29 is 9.90 Å². The van der Waals surface area contributed by atoms with Crippen molar-refractivity contribution in [1.29, 1.82) is 0 Å².